The van der Waals surface area contributed by atoms with Crippen molar-refractivity contribution >= 4 is 42.1 Å². The van der Waals surface area contributed by atoms with Crippen LogP contribution in [-0.2, 0) is 21.7 Å². The van der Waals surface area contributed by atoms with Gasteiger partial charge in [-0.2, -0.15) is 0 Å². The SMILES string of the molecule is CC1=C(C)/C(=C(\c2cc(C(C)(C)C)cc(C(C)(C)C)c2)c2[nH]c(Br)c(-c3cc(C(C)(C)C)cc(C(C)(C)C)c3)c2C)N=C1Br. The van der Waals surface area contributed by atoms with Crippen molar-refractivity contribution in [2.75, 3.05) is 0 Å². The number of nitrogens with one attached hydrogen (secondary N) is 1. The summed E-state index contributed by atoms with van der Waals surface area (Å²) in [7, 11) is 0. The Balaban J connectivity index is 2.12. The molecule has 1 aliphatic rings. The third kappa shape index (κ3) is 6.82. The summed E-state index contributed by atoms with van der Waals surface area (Å²) >= 11 is 7.76. The minimum atomic E-state index is -0.000605. The molecule has 0 atom stereocenters. The number of hydrogen-bond donors (Lipinski definition) is 1. The first-order valence-electron chi connectivity index (χ1n) is 15.8. The van der Waals surface area contributed by atoms with Crippen LogP contribution in [0.5, 0.6) is 0 Å². The number of benzene rings is 2. The van der Waals surface area contributed by atoms with E-state index in [0.29, 0.717) is 0 Å². The van der Waals surface area contributed by atoms with E-state index in [-0.39, 0.29) is 21.7 Å². The third-order valence-electron chi connectivity index (χ3n) is 9.04. The van der Waals surface area contributed by atoms with E-state index in [1.54, 1.807) is 0 Å². The van der Waals surface area contributed by atoms with Crippen LogP contribution < -0.4 is 0 Å². The average Bonchev–Trinajstić information content (AvgIpc) is 3.30. The second kappa shape index (κ2) is 11.6. The Bertz CT molecular complexity index is 1650. The maximum atomic E-state index is 5.14. The predicted molar refractivity (Wildman–Crippen MR) is 201 cm³/mol. The maximum Gasteiger partial charge on any atom is 0.110 e. The van der Waals surface area contributed by atoms with Crippen molar-refractivity contribution in [3.63, 3.8) is 0 Å². The predicted octanol–water partition coefficient (Wildman–Crippen LogP) is 12.8. The molecule has 2 nitrogen and oxygen atoms in total. The topological polar surface area (TPSA) is 28.1 Å². The number of aromatic amines is 1. The van der Waals surface area contributed by atoms with Gasteiger partial charge in [0.25, 0.3) is 0 Å². The summed E-state index contributed by atoms with van der Waals surface area (Å²) in [6.45, 7) is 34.2. The molecule has 0 radical (unpaired) electrons. The molecular formula is C40H52Br2N2. The van der Waals surface area contributed by atoms with E-state index in [0.717, 1.165) is 26.2 Å². The molecule has 236 valence electrons. The van der Waals surface area contributed by atoms with E-state index in [9.17, 15) is 0 Å². The van der Waals surface area contributed by atoms with Crippen molar-refractivity contribution in [2.24, 2.45) is 4.99 Å². The number of halogens is 2. The van der Waals surface area contributed by atoms with Gasteiger partial charge in [0.05, 0.1) is 16.0 Å². The fraction of sp³-hybridized carbons (Fsp3) is 0.475. The molecule has 4 heteroatoms. The van der Waals surface area contributed by atoms with Crippen LogP contribution in [0.25, 0.3) is 16.7 Å². The fourth-order valence-corrected chi connectivity index (χ4v) is 6.87. The van der Waals surface area contributed by atoms with Crippen LogP contribution >= 0.6 is 31.9 Å². The molecule has 1 aliphatic heterocycles. The highest BCUT2D eigenvalue weighted by Crippen LogP contribution is 2.45. The zero-order valence-electron chi connectivity index (χ0n) is 29.7. The van der Waals surface area contributed by atoms with Crippen LogP contribution in [0, 0.1) is 6.92 Å². The van der Waals surface area contributed by atoms with Gasteiger partial charge in [0, 0.05) is 11.1 Å². The van der Waals surface area contributed by atoms with Gasteiger partial charge in [0.1, 0.15) is 4.62 Å². The van der Waals surface area contributed by atoms with E-state index in [4.69, 9.17) is 4.99 Å². The molecule has 2 heterocycles. The maximum absolute atomic E-state index is 5.14. The van der Waals surface area contributed by atoms with E-state index < -0.39 is 0 Å². The molecule has 1 N–H and O–H groups in total. The van der Waals surface area contributed by atoms with E-state index in [2.05, 4.69) is 177 Å². The quantitative estimate of drug-likeness (QED) is 0.279. The molecular weight excluding hydrogens is 668 g/mol. The van der Waals surface area contributed by atoms with Gasteiger partial charge in [0.15, 0.2) is 0 Å². The highest BCUT2D eigenvalue weighted by molar-refractivity contribution is 9.18. The van der Waals surface area contributed by atoms with Crippen LogP contribution in [0.15, 0.2) is 62.8 Å². The summed E-state index contributed by atoms with van der Waals surface area (Å²) < 4.78 is 1.90. The molecule has 0 spiro atoms. The van der Waals surface area contributed by atoms with Crippen LogP contribution in [0.3, 0.4) is 0 Å². The van der Waals surface area contributed by atoms with Gasteiger partial charge in [-0.05, 0) is 124 Å². The first kappa shape index (κ1) is 34.7. The molecule has 0 unspecified atom stereocenters. The van der Waals surface area contributed by atoms with Gasteiger partial charge in [0.2, 0.25) is 0 Å². The van der Waals surface area contributed by atoms with Crippen molar-refractivity contribution in [3.8, 4) is 11.1 Å². The van der Waals surface area contributed by atoms with Crippen LogP contribution in [0.2, 0.25) is 0 Å². The van der Waals surface area contributed by atoms with E-state index >= 15 is 0 Å². The molecule has 2 aromatic carbocycles. The molecule has 0 saturated carbocycles. The minimum absolute atomic E-state index is 0.000605. The normalized spacial score (nSPS) is 16.2. The van der Waals surface area contributed by atoms with E-state index in [1.807, 2.05) is 0 Å². The largest absolute Gasteiger partial charge is 0.348 e. The Labute approximate surface area is 284 Å². The Morgan fingerprint density at radius 3 is 1.36 bits per heavy atom. The third-order valence-corrected chi connectivity index (χ3v) is 10.4. The Kier molecular flexibility index (Phi) is 9.12. The number of aromatic nitrogens is 1. The molecule has 0 fully saturated rings. The zero-order valence-corrected chi connectivity index (χ0v) is 32.8. The van der Waals surface area contributed by atoms with Crippen molar-refractivity contribution in [1.29, 1.82) is 0 Å². The van der Waals surface area contributed by atoms with Crippen LogP contribution in [-0.4, -0.2) is 9.60 Å². The smallest absolute Gasteiger partial charge is 0.110 e. The van der Waals surface area contributed by atoms with Crippen molar-refractivity contribution in [2.45, 2.75) is 126 Å². The number of nitrogens with zero attached hydrogens (tertiary/aromatic N) is 1. The Morgan fingerprint density at radius 2 is 1.00 bits per heavy atom. The molecule has 0 bridgehead atoms. The summed E-state index contributed by atoms with van der Waals surface area (Å²) in [5.74, 6) is 0. The lowest BCUT2D eigenvalue weighted by Gasteiger charge is -2.27. The van der Waals surface area contributed by atoms with Gasteiger partial charge in [-0.1, -0.05) is 119 Å². The Morgan fingerprint density at radius 1 is 0.591 bits per heavy atom. The summed E-state index contributed by atoms with van der Waals surface area (Å²) in [6.07, 6.45) is 0. The molecule has 0 saturated heterocycles. The number of H-pyrrole nitrogens is 1. The zero-order chi connectivity index (χ0) is 33.3. The fourth-order valence-electron chi connectivity index (χ4n) is 5.67. The van der Waals surface area contributed by atoms with Gasteiger partial charge >= 0.3 is 0 Å². The standard InChI is InChI=1S/C40H52Br2N2/c1-22-23(2)35(41)43-33(22)32(26-18-29(39(10,11)12)21-30(19-26)40(13,14)15)34-24(3)31(36(42)44-34)25-16-27(37(4,5)6)20-28(17-25)38(7,8)9/h16-21,44H,1-15H3/b33-32-. The first-order chi connectivity index (χ1) is 19.9. The first-order valence-corrected chi connectivity index (χ1v) is 17.4. The molecule has 0 amide bonds. The van der Waals surface area contributed by atoms with Crippen LogP contribution in [0.4, 0.5) is 0 Å². The summed E-state index contributed by atoms with van der Waals surface area (Å²) in [5.41, 5.74) is 15.9. The highest BCUT2D eigenvalue weighted by Gasteiger charge is 2.29. The molecule has 4 rings (SSSR count). The average molecular weight is 721 g/mol. The lowest BCUT2D eigenvalue weighted by molar-refractivity contribution is 0.568. The second-order valence-corrected chi connectivity index (χ2v) is 18.3. The van der Waals surface area contributed by atoms with Crippen molar-refractivity contribution < 1.29 is 0 Å². The molecule has 0 aliphatic carbocycles. The summed E-state index contributed by atoms with van der Waals surface area (Å²) in [5, 5.41) is 0. The van der Waals surface area contributed by atoms with Gasteiger partial charge in [-0.25, -0.2) is 4.99 Å². The number of hydrogen-bond acceptors (Lipinski definition) is 1. The number of allylic oxidation sites excluding steroid dienone is 2. The lowest BCUT2D eigenvalue weighted by atomic mass is 9.78. The van der Waals surface area contributed by atoms with Gasteiger partial charge in [-0.3, -0.25) is 0 Å². The van der Waals surface area contributed by atoms with Gasteiger partial charge < -0.3 is 4.98 Å². The summed E-state index contributed by atoms with van der Waals surface area (Å²) in [4.78, 5) is 8.96. The van der Waals surface area contributed by atoms with Crippen LogP contribution in [0.1, 0.15) is 136 Å². The number of rotatable bonds is 3. The highest BCUT2D eigenvalue weighted by atomic mass is 79.9. The number of aliphatic imine (C=N–C) groups is 1. The second-order valence-electron chi connectivity index (χ2n) is 16.8. The van der Waals surface area contributed by atoms with Gasteiger partial charge in [-0.15, -0.1) is 0 Å². The molecule has 44 heavy (non-hydrogen) atoms. The monoisotopic (exact) mass is 718 g/mol. The summed E-state index contributed by atoms with van der Waals surface area (Å²) in [6, 6.07) is 14.3. The van der Waals surface area contributed by atoms with E-state index in [1.165, 1.54) is 55.7 Å². The van der Waals surface area contributed by atoms with Crippen molar-refractivity contribution in [3.05, 3.63) is 96.9 Å². The molecule has 1 aromatic heterocycles. The lowest BCUT2D eigenvalue weighted by Crippen LogP contribution is -2.17. The minimum Gasteiger partial charge on any atom is -0.348 e. The van der Waals surface area contributed by atoms with Crippen molar-refractivity contribution in [1.82, 2.24) is 4.98 Å². The molecule has 3 aromatic rings. The Hall–Kier alpha value is -2.17.